The molecule has 0 saturated carbocycles. The number of anilines is 2. The van der Waals surface area contributed by atoms with Gasteiger partial charge >= 0.3 is 0 Å². The molecule has 1 unspecified atom stereocenters. The molecule has 0 radical (unpaired) electrons. The molecular formula is C21H26N6OS2. The van der Waals surface area contributed by atoms with Crippen molar-refractivity contribution in [3.8, 4) is 0 Å². The van der Waals surface area contributed by atoms with E-state index in [0.717, 1.165) is 66.9 Å². The van der Waals surface area contributed by atoms with E-state index in [0.29, 0.717) is 6.04 Å². The van der Waals surface area contributed by atoms with Gasteiger partial charge in [0.1, 0.15) is 12.1 Å². The summed E-state index contributed by atoms with van der Waals surface area (Å²) in [5, 5.41) is 3.16. The maximum absolute atomic E-state index is 5.49. The van der Waals surface area contributed by atoms with Crippen molar-refractivity contribution in [2.45, 2.75) is 23.2 Å². The van der Waals surface area contributed by atoms with E-state index in [1.165, 1.54) is 12.1 Å². The van der Waals surface area contributed by atoms with Gasteiger partial charge in [-0.2, -0.15) is 0 Å². The number of aromatic nitrogens is 3. The Kier molecular flexibility index (Phi) is 6.03. The van der Waals surface area contributed by atoms with Crippen molar-refractivity contribution in [2.75, 3.05) is 56.2 Å². The van der Waals surface area contributed by atoms with Crippen LogP contribution in [0.15, 0.2) is 40.4 Å². The van der Waals surface area contributed by atoms with E-state index in [9.17, 15) is 0 Å². The number of hydrogen-bond acceptors (Lipinski definition) is 9. The third kappa shape index (κ3) is 4.25. The standard InChI is InChI=1S/C21H26N6OS2/c1-25(30-21-22-6-12-29-21)17-3-2-7-27(14-17)20-18-5-4-16(13-19(18)23-15-24-20)26-8-10-28-11-9-26/h4-6,12-13,15,17H,2-3,7-11,14H2,1H3. The minimum atomic E-state index is 0.463. The smallest absolute Gasteiger partial charge is 0.165 e. The summed E-state index contributed by atoms with van der Waals surface area (Å²) >= 11 is 3.43. The third-order valence-electron chi connectivity index (χ3n) is 5.82. The van der Waals surface area contributed by atoms with Crippen LogP contribution in [0.25, 0.3) is 10.9 Å². The van der Waals surface area contributed by atoms with E-state index < -0.39 is 0 Å². The summed E-state index contributed by atoms with van der Waals surface area (Å²) in [7, 11) is 2.17. The number of nitrogens with zero attached hydrogens (tertiary/aromatic N) is 6. The lowest BCUT2D eigenvalue weighted by atomic mass is 10.1. The van der Waals surface area contributed by atoms with Gasteiger partial charge in [-0.05, 0) is 50.0 Å². The highest BCUT2D eigenvalue weighted by molar-refractivity contribution is 7.98. The maximum Gasteiger partial charge on any atom is 0.165 e. The van der Waals surface area contributed by atoms with Crippen LogP contribution in [0.3, 0.4) is 0 Å². The molecule has 2 aliphatic heterocycles. The van der Waals surface area contributed by atoms with Crippen molar-refractivity contribution in [1.29, 1.82) is 0 Å². The summed E-state index contributed by atoms with van der Waals surface area (Å²) in [5.41, 5.74) is 2.23. The molecule has 1 atom stereocenters. The molecule has 9 heteroatoms. The van der Waals surface area contributed by atoms with E-state index in [2.05, 4.69) is 54.3 Å². The molecule has 0 spiro atoms. The monoisotopic (exact) mass is 442 g/mol. The second-order valence-electron chi connectivity index (χ2n) is 7.68. The van der Waals surface area contributed by atoms with Gasteiger partial charge in [0, 0.05) is 54.9 Å². The maximum atomic E-state index is 5.49. The molecule has 2 aliphatic rings. The van der Waals surface area contributed by atoms with Gasteiger partial charge in [-0.25, -0.2) is 19.3 Å². The SMILES string of the molecule is CN(Sc1nccs1)C1CCCN(c2ncnc3cc(N4CCOCC4)ccc23)C1. The fraction of sp³-hybridized carbons (Fsp3) is 0.476. The number of thiazole rings is 1. The van der Waals surface area contributed by atoms with Gasteiger partial charge in [0.2, 0.25) is 0 Å². The van der Waals surface area contributed by atoms with Gasteiger partial charge in [0.05, 0.1) is 18.7 Å². The van der Waals surface area contributed by atoms with Gasteiger partial charge in [-0.15, -0.1) is 11.3 Å². The first-order valence-electron chi connectivity index (χ1n) is 10.4. The Hall–Kier alpha value is -1.94. The lowest BCUT2D eigenvalue weighted by Crippen LogP contribution is -2.44. The van der Waals surface area contributed by atoms with Crippen molar-refractivity contribution in [2.24, 2.45) is 0 Å². The van der Waals surface area contributed by atoms with Crippen molar-refractivity contribution in [1.82, 2.24) is 19.3 Å². The fourth-order valence-corrected chi connectivity index (χ4v) is 5.93. The van der Waals surface area contributed by atoms with E-state index in [1.807, 2.05) is 11.6 Å². The molecule has 2 saturated heterocycles. The molecule has 0 bridgehead atoms. The van der Waals surface area contributed by atoms with E-state index in [1.54, 1.807) is 29.6 Å². The minimum Gasteiger partial charge on any atom is -0.378 e. The van der Waals surface area contributed by atoms with Crippen LogP contribution < -0.4 is 9.80 Å². The lowest BCUT2D eigenvalue weighted by molar-refractivity contribution is 0.122. The van der Waals surface area contributed by atoms with Gasteiger partial charge in [-0.3, -0.25) is 0 Å². The fourth-order valence-electron chi connectivity index (χ4n) is 4.20. The molecule has 0 aliphatic carbocycles. The number of likely N-dealkylation sites (N-methyl/N-ethyl adjacent to an activating group) is 1. The summed E-state index contributed by atoms with van der Waals surface area (Å²) in [6, 6.07) is 7.04. The van der Waals surface area contributed by atoms with Crippen LogP contribution in [-0.4, -0.2) is 71.7 Å². The van der Waals surface area contributed by atoms with Crippen LogP contribution >= 0.6 is 23.3 Å². The number of fused-ring (bicyclic) bond motifs is 1. The molecule has 158 valence electrons. The Morgan fingerprint density at radius 1 is 1.13 bits per heavy atom. The normalized spacial score (nSPS) is 20.3. The Labute approximate surface area is 185 Å². The van der Waals surface area contributed by atoms with Crippen molar-refractivity contribution in [3.05, 3.63) is 36.1 Å². The average molecular weight is 443 g/mol. The Morgan fingerprint density at radius 3 is 2.87 bits per heavy atom. The van der Waals surface area contributed by atoms with Crippen LogP contribution in [0.2, 0.25) is 0 Å². The van der Waals surface area contributed by atoms with E-state index >= 15 is 0 Å². The zero-order valence-electron chi connectivity index (χ0n) is 17.1. The van der Waals surface area contributed by atoms with Crippen LogP contribution in [0.1, 0.15) is 12.8 Å². The van der Waals surface area contributed by atoms with Crippen LogP contribution in [-0.2, 0) is 4.74 Å². The molecule has 2 aromatic heterocycles. The Balaban J connectivity index is 1.35. The van der Waals surface area contributed by atoms with Gasteiger partial charge in [0.25, 0.3) is 0 Å². The second-order valence-corrected chi connectivity index (χ2v) is 9.97. The summed E-state index contributed by atoms with van der Waals surface area (Å²) in [6.45, 7) is 5.43. The first-order chi connectivity index (χ1) is 14.8. The van der Waals surface area contributed by atoms with Crippen LogP contribution in [0.4, 0.5) is 11.5 Å². The predicted octanol–water partition coefficient (Wildman–Crippen LogP) is 3.53. The first-order valence-corrected chi connectivity index (χ1v) is 12.1. The molecule has 7 nitrogen and oxygen atoms in total. The number of rotatable bonds is 5. The summed E-state index contributed by atoms with van der Waals surface area (Å²) in [6.07, 6.45) is 5.92. The number of benzene rings is 1. The quantitative estimate of drug-likeness (QED) is 0.556. The highest BCUT2D eigenvalue weighted by Gasteiger charge is 2.26. The molecule has 2 fully saturated rings. The third-order valence-corrected chi connectivity index (χ3v) is 7.74. The van der Waals surface area contributed by atoms with Gasteiger partial charge in [-0.1, -0.05) is 0 Å². The topological polar surface area (TPSA) is 57.6 Å². The number of morpholine rings is 1. The minimum absolute atomic E-state index is 0.463. The lowest BCUT2D eigenvalue weighted by Gasteiger charge is -2.37. The first kappa shape index (κ1) is 20.0. The van der Waals surface area contributed by atoms with Crippen LogP contribution in [0.5, 0.6) is 0 Å². The predicted molar refractivity (Wildman–Crippen MR) is 124 cm³/mol. The summed E-state index contributed by atoms with van der Waals surface area (Å²) < 4.78 is 8.93. The largest absolute Gasteiger partial charge is 0.378 e. The molecular weight excluding hydrogens is 416 g/mol. The van der Waals surface area contributed by atoms with Crippen molar-refractivity contribution < 1.29 is 4.74 Å². The molecule has 0 amide bonds. The van der Waals surface area contributed by atoms with Crippen LogP contribution in [0, 0.1) is 0 Å². The molecule has 3 aromatic rings. The van der Waals surface area contributed by atoms with Gasteiger partial charge in [0.15, 0.2) is 4.34 Å². The number of piperidine rings is 1. The Bertz CT molecular complexity index is 979. The molecule has 1 aromatic carbocycles. The average Bonchev–Trinajstić information content (AvgIpc) is 3.32. The van der Waals surface area contributed by atoms with Crippen molar-refractivity contribution >= 4 is 45.7 Å². The molecule has 4 heterocycles. The van der Waals surface area contributed by atoms with Gasteiger partial charge < -0.3 is 14.5 Å². The zero-order chi connectivity index (χ0) is 20.3. The van der Waals surface area contributed by atoms with Crippen molar-refractivity contribution in [3.63, 3.8) is 0 Å². The summed E-state index contributed by atoms with van der Waals surface area (Å²) in [4.78, 5) is 18.5. The molecule has 5 rings (SSSR count). The van der Waals surface area contributed by atoms with E-state index in [4.69, 9.17) is 4.74 Å². The zero-order valence-corrected chi connectivity index (χ0v) is 18.7. The highest BCUT2D eigenvalue weighted by Crippen LogP contribution is 2.32. The number of hydrogen-bond donors (Lipinski definition) is 0. The molecule has 0 N–H and O–H groups in total. The summed E-state index contributed by atoms with van der Waals surface area (Å²) in [5.74, 6) is 1.05. The Morgan fingerprint density at radius 2 is 2.03 bits per heavy atom. The number of ether oxygens (including phenoxy) is 1. The molecule has 30 heavy (non-hydrogen) atoms. The highest BCUT2D eigenvalue weighted by atomic mass is 32.2. The van der Waals surface area contributed by atoms with E-state index in [-0.39, 0.29) is 0 Å². The second kappa shape index (κ2) is 9.05.